The molecule has 1 aliphatic rings. The quantitative estimate of drug-likeness (QED) is 0.870. The second-order valence-electron chi connectivity index (χ2n) is 5.78. The smallest absolute Gasteiger partial charge is 0.335 e. The van der Waals surface area contributed by atoms with Crippen molar-refractivity contribution in [2.24, 2.45) is 0 Å². The van der Waals surface area contributed by atoms with Crippen LogP contribution in [-0.2, 0) is 9.59 Å². The van der Waals surface area contributed by atoms with E-state index in [0.717, 1.165) is 11.1 Å². The van der Waals surface area contributed by atoms with E-state index >= 15 is 0 Å². The Bertz CT molecular complexity index is 576. The summed E-state index contributed by atoms with van der Waals surface area (Å²) in [4.78, 5) is 24.6. The number of carbonyl (C=O) groups is 2. The van der Waals surface area contributed by atoms with Crippen molar-refractivity contribution in [1.29, 1.82) is 0 Å². The molecule has 0 radical (unpaired) electrons. The topological polar surface area (TPSA) is 87.1 Å². The molecule has 1 amide bonds. The summed E-state index contributed by atoms with van der Waals surface area (Å²) < 4.78 is 5.56. The molecule has 1 heterocycles. The molecule has 120 valence electrons. The summed E-state index contributed by atoms with van der Waals surface area (Å²) >= 11 is 0. The molecule has 0 spiro atoms. The molecular formula is C16H21NO5. The number of nitrogens with zero attached hydrogens (tertiary/aromatic N) is 1. The average molecular weight is 307 g/mol. The maximum absolute atomic E-state index is 12.1. The molecule has 1 aliphatic heterocycles. The van der Waals surface area contributed by atoms with Crippen LogP contribution >= 0.6 is 0 Å². The van der Waals surface area contributed by atoms with E-state index in [9.17, 15) is 14.7 Å². The van der Waals surface area contributed by atoms with E-state index in [0.29, 0.717) is 5.75 Å². The monoisotopic (exact) mass is 307 g/mol. The highest BCUT2D eigenvalue weighted by Crippen LogP contribution is 2.23. The van der Waals surface area contributed by atoms with Crippen molar-refractivity contribution in [3.8, 4) is 5.75 Å². The highest BCUT2D eigenvalue weighted by Gasteiger charge is 2.40. The lowest BCUT2D eigenvalue weighted by molar-refractivity contribution is -0.165. The third kappa shape index (κ3) is 3.57. The molecule has 1 fully saturated rings. The number of ether oxygens (including phenoxy) is 1. The van der Waals surface area contributed by atoms with Crippen molar-refractivity contribution in [2.75, 3.05) is 19.7 Å². The van der Waals surface area contributed by atoms with E-state index in [4.69, 9.17) is 9.84 Å². The lowest BCUT2D eigenvalue weighted by atomic mass is 9.91. The standard InChI is InChI=1S/C16H21NO5/c1-11-3-4-12(2)13(9-11)22-10-14(18)17-7-5-16(21,6-8-17)15(19)20/h3-4,9,21H,5-8,10H2,1-2H3,(H,19,20). The Hall–Kier alpha value is -2.08. The van der Waals surface area contributed by atoms with Gasteiger partial charge in [0.1, 0.15) is 5.75 Å². The zero-order valence-corrected chi connectivity index (χ0v) is 12.8. The fourth-order valence-corrected chi connectivity index (χ4v) is 2.43. The first-order chi connectivity index (χ1) is 10.3. The Morgan fingerprint density at radius 1 is 1.27 bits per heavy atom. The predicted molar refractivity (Wildman–Crippen MR) is 79.8 cm³/mol. The summed E-state index contributed by atoms with van der Waals surface area (Å²) in [5.74, 6) is -0.757. The van der Waals surface area contributed by atoms with Crippen molar-refractivity contribution in [1.82, 2.24) is 4.90 Å². The van der Waals surface area contributed by atoms with Crippen molar-refractivity contribution in [3.63, 3.8) is 0 Å². The second kappa shape index (κ2) is 6.36. The van der Waals surface area contributed by atoms with E-state index in [2.05, 4.69) is 0 Å². The minimum absolute atomic E-state index is 0.0392. The molecule has 2 N–H and O–H groups in total. The highest BCUT2D eigenvalue weighted by atomic mass is 16.5. The number of likely N-dealkylation sites (tertiary alicyclic amines) is 1. The van der Waals surface area contributed by atoms with Crippen LogP contribution in [0.2, 0.25) is 0 Å². The van der Waals surface area contributed by atoms with Gasteiger partial charge in [0, 0.05) is 25.9 Å². The zero-order valence-electron chi connectivity index (χ0n) is 12.8. The van der Waals surface area contributed by atoms with E-state index < -0.39 is 11.6 Å². The molecule has 2 rings (SSSR count). The number of aliphatic hydroxyl groups is 1. The van der Waals surface area contributed by atoms with Crippen LogP contribution in [0, 0.1) is 13.8 Å². The van der Waals surface area contributed by atoms with E-state index in [1.807, 2.05) is 32.0 Å². The fourth-order valence-electron chi connectivity index (χ4n) is 2.43. The maximum atomic E-state index is 12.1. The summed E-state index contributed by atoms with van der Waals surface area (Å²) in [6, 6.07) is 5.78. The Labute approximate surface area is 129 Å². The van der Waals surface area contributed by atoms with Crippen LogP contribution in [0.5, 0.6) is 5.75 Å². The van der Waals surface area contributed by atoms with Gasteiger partial charge in [-0.25, -0.2) is 4.79 Å². The number of rotatable bonds is 4. The predicted octanol–water partition coefficient (Wildman–Crippen LogP) is 1.12. The number of benzene rings is 1. The Kier molecular flexibility index (Phi) is 4.71. The fraction of sp³-hybridized carbons (Fsp3) is 0.500. The number of aliphatic carboxylic acids is 1. The zero-order chi connectivity index (χ0) is 16.3. The molecule has 0 unspecified atom stereocenters. The van der Waals surface area contributed by atoms with Gasteiger partial charge in [0.05, 0.1) is 0 Å². The molecule has 6 heteroatoms. The van der Waals surface area contributed by atoms with Gasteiger partial charge in [-0.2, -0.15) is 0 Å². The van der Waals surface area contributed by atoms with Crippen LogP contribution in [0.1, 0.15) is 24.0 Å². The maximum Gasteiger partial charge on any atom is 0.335 e. The molecule has 1 aromatic carbocycles. The molecule has 1 saturated heterocycles. The number of carboxylic acids is 1. The molecule has 0 atom stereocenters. The molecular weight excluding hydrogens is 286 g/mol. The van der Waals surface area contributed by atoms with Gasteiger partial charge >= 0.3 is 5.97 Å². The van der Waals surface area contributed by atoms with Crippen LogP contribution in [0.25, 0.3) is 0 Å². The van der Waals surface area contributed by atoms with Gasteiger partial charge < -0.3 is 19.8 Å². The summed E-state index contributed by atoms with van der Waals surface area (Å²) in [5, 5.41) is 18.8. The number of carboxylic acid groups (broad SMARTS) is 1. The van der Waals surface area contributed by atoms with Crippen LogP contribution in [0.15, 0.2) is 18.2 Å². The van der Waals surface area contributed by atoms with Gasteiger partial charge in [-0.3, -0.25) is 4.79 Å². The van der Waals surface area contributed by atoms with Crippen LogP contribution in [-0.4, -0.2) is 52.3 Å². The van der Waals surface area contributed by atoms with Gasteiger partial charge in [-0.1, -0.05) is 12.1 Å². The highest BCUT2D eigenvalue weighted by molar-refractivity contribution is 5.80. The number of hydrogen-bond donors (Lipinski definition) is 2. The van der Waals surface area contributed by atoms with E-state index in [1.165, 1.54) is 4.90 Å². The number of piperidine rings is 1. The van der Waals surface area contributed by atoms with E-state index in [1.54, 1.807) is 0 Å². The van der Waals surface area contributed by atoms with Crippen molar-refractivity contribution < 1.29 is 24.5 Å². The largest absolute Gasteiger partial charge is 0.483 e. The number of amides is 1. The first kappa shape index (κ1) is 16.3. The summed E-state index contributed by atoms with van der Waals surface area (Å²) in [6.07, 6.45) is 0.0785. The van der Waals surface area contributed by atoms with Gasteiger partial charge in [0.25, 0.3) is 5.91 Å². The van der Waals surface area contributed by atoms with Crippen LogP contribution in [0.4, 0.5) is 0 Å². The average Bonchev–Trinajstić information content (AvgIpc) is 2.48. The SMILES string of the molecule is Cc1ccc(C)c(OCC(=O)N2CCC(O)(C(=O)O)CC2)c1. The molecule has 0 aliphatic carbocycles. The summed E-state index contributed by atoms with van der Waals surface area (Å²) in [6.45, 7) is 4.21. The van der Waals surface area contributed by atoms with Crippen LogP contribution < -0.4 is 4.74 Å². The van der Waals surface area contributed by atoms with Gasteiger partial charge in [-0.15, -0.1) is 0 Å². The third-order valence-electron chi connectivity index (χ3n) is 4.04. The molecule has 6 nitrogen and oxygen atoms in total. The number of carbonyl (C=O) groups excluding carboxylic acids is 1. The molecule has 0 aromatic heterocycles. The van der Waals surface area contributed by atoms with E-state index in [-0.39, 0.29) is 38.4 Å². The lowest BCUT2D eigenvalue weighted by Gasteiger charge is -2.35. The normalized spacial score (nSPS) is 17.1. The third-order valence-corrected chi connectivity index (χ3v) is 4.04. The molecule has 0 saturated carbocycles. The molecule has 0 bridgehead atoms. The lowest BCUT2D eigenvalue weighted by Crippen LogP contribution is -2.51. The van der Waals surface area contributed by atoms with Crippen LogP contribution in [0.3, 0.4) is 0 Å². The molecule has 1 aromatic rings. The van der Waals surface area contributed by atoms with Crippen molar-refractivity contribution in [2.45, 2.75) is 32.3 Å². The van der Waals surface area contributed by atoms with Gasteiger partial charge in [-0.05, 0) is 31.0 Å². The first-order valence-corrected chi connectivity index (χ1v) is 7.25. The minimum atomic E-state index is -1.72. The Balaban J connectivity index is 1.89. The molecule has 22 heavy (non-hydrogen) atoms. The number of hydrogen-bond acceptors (Lipinski definition) is 4. The second-order valence-corrected chi connectivity index (χ2v) is 5.78. The number of aryl methyl sites for hydroxylation is 2. The Morgan fingerprint density at radius 3 is 2.50 bits per heavy atom. The Morgan fingerprint density at radius 2 is 1.91 bits per heavy atom. The van der Waals surface area contributed by atoms with Crippen molar-refractivity contribution >= 4 is 11.9 Å². The van der Waals surface area contributed by atoms with Gasteiger partial charge in [0.15, 0.2) is 12.2 Å². The minimum Gasteiger partial charge on any atom is -0.483 e. The summed E-state index contributed by atoms with van der Waals surface area (Å²) in [5.41, 5.74) is 0.292. The van der Waals surface area contributed by atoms with Gasteiger partial charge in [0.2, 0.25) is 0 Å². The first-order valence-electron chi connectivity index (χ1n) is 7.25. The van der Waals surface area contributed by atoms with Crippen molar-refractivity contribution in [3.05, 3.63) is 29.3 Å². The summed E-state index contributed by atoms with van der Waals surface area (Å²) in [7, 11) is 0.